The number of nitrogens with zero attached hydrogens (tertiary/aromatic N) is 1. The molecule has 296 valence electrons. The second-order valence-corrected chi connectivity index (χ2v) is 14.7. The zero-order valence-electron chi connectivity index (χ0n) is 33.0. The van der Waals surface area contributed by atoms with E-state index in [2.05, 4.69) is 24.1 Å². The molecule has 0 radical (unpaired) electrons. The van der Waals surface area contributed by atoms with E-state index in [1.807, 2.05) is 84.9 Å². The van der Waals surface area contributed by atoms with Crippen molar-refractivity contribution in [1.29, 1.82) is 0 Å². The van der Waals surface area contributed by atoms with E-state index >= 15 is 0 Å². The molecule has 1 heterocycles. The molecule has 0 bridgehead atoms. The van der Waals surface area contributed by atoms with Crippen molar-refractivity contribution in [2.45, 2.75) is 135 Å². The molecule has 9 heteroatoms. The normalized spacial score (nSPS) is 12.3. The zero-order valence-corrected chi connectivity index (χ0v) is 33.0. The Kier molecular flexibility index (Phi) is 18.5. The Morgan fingerprint density at radius 3 is 2.04 bits per heavy atom. The lowest BCUT2D eigenvalue weighted by atomic mass is 9.98. The van der Waals surface area contributed by atoms with Crippen LogP contribution in [0.2, 0.25) is 0 Å². The lowest BCUT2D eigenvalue weighted by Gasteiger charge is -2.35. The molecule has 4 rings (SSSR count). The number of carbonyl (C=O) groups excluding carboxylic acids is 4. The maximum absolute atomic E-state index is 14.8. The molecular weight excluding hydrogens is 689 g/mol. The third-order valence-corrected chi connectivity index (χ3v) is 10.3. The van der Waals surface area contributed by atoms with Crippen molar-refractivity contribution in [1.82, 2.24) is 15.2 Å². The minimum Gasteiger partial charge on any atom is -0.461 e. The number of hydrogen-bond donors (Lipinski definition) is 3. The van der Waals surface area contributed by atoms with Crippen LogP contribution in [0.5, 0.6) is 0 Å². The molecule has 1 aromatic heterocycles. The highest BCUT2D eigenvalue weighted by molar-refractivity contribution is 6.09. The van der Waals surface area contributed by atoms with Crippen LogP contribution in [-0.2, 0) is 32.1 Å². The van der Waals surface area contributed by atoms with Gasteiger partial charge >= 0.3 is 5.97 Å². The second-order valence-electron chi connectivity index (χ2n) is 14.7. The zero-order chi connectivity index (χ0) is 39.3. The van der Waals surface area contributed by atoms with Gasteiger partial charge in [0, 0.05) is 48.4 Å². The van der Waals surface area contributed by atoms with Gasteiger partial charge in [0.2, 0.25) is 11.8 Å². The molecule has 0 fully saturated rings. The van der Waals surface area contributed by atoms with Crippen molar-refractivity contribution >= 4 is 34.6 Å². The van der Waals surface area contributed by atoms with E-state index in [0.29, 0.717) is 31.4 Å². The van der Waals surface area contributed by atoms with E-state index in [4.69, 9.17) is 10.5 Å². The number of unbranched alkanes of at least 4 members (excludes halogenated alkanes) is 8. The van der Waals surface area contributed by atoms with Crippen molar-refractivity contribution in [3.05, 3.63) is 107 Å². The summed E-state index contributed by atoms with van der Waals surface area (Å²) in [7, 11) is 0. The number of fused-ring (bicyclic) bond motifs is 1. The summed E-state index contributed by atoms with van der Waals surface area (Å²) in [4.78, 5) is 59.9. The number of primary amides is 1. The SMILES string of the molecule is CCCCCCCCC[C@@H](CC(N)=O)N(CCCCC)C(=O)[C@H](CCCC(=O)OCc1ccccc1)NC(=O)c1c(Cc2ccccc2)[nH]c2ccccc12. The fraction of sp³-hybridized carbons (Fsp3) is 0.478. The first kappa shape index (κ1) is 42.8. The Hall–Kier alpha value is -4.92. The van der Waals surface area contributed by atoms with E-state index in [1.54, 1.807) is 4.90 Å². The van der Waals surface area contributed by atoms with Gasteiger partial charge in [-0.1, -0.05) is 150 Å². The number of H-pyrrole nitrogens is 1. The Balaban J connectivity index is 1.59. The summed E-state index contributed by atoms with van der Waals surface area (Å²) in [5.41, 5.74) is 9.83. The van der Waals surface area contributed by atoms with Gasteiger partial charge in [-0.25, -0.2) is 0 Å². The molecule has 0 saturated heterocycles. The summed E-state index contributed by atoms with van der Waals surface area (Å²) >= 11 is 0. The molecule has 9 nitrogen and oxygen atoms in total. The number of aromatic amines is 1. The van der Waals surface area contributed by atoms with Gasteiger partial charge in [0.25, 0.3) is 5.91 Å². The monoisotopic (exact) mass is 750 g/mol. The van der Waals surface area contributed by atoms with E-state index in [1.165, 1.54) is 25.7 Å². The molecule has 4 N–H and O–H groups in total. The minimum atomic E-state index is -0.932. The number of rotatable bonds is 26. The molecular formula is C46H62N4O5. The lowest BCUT2D eigenvalue weighted by molar-refractivity contribution is -0.145. The average Bonchev–Trinajstić information content (AvgIpc) is 3.56. The smallest absolute Gasteiger partial charge is 0.306 e. The highest BCUT2D eigenvalue weighted by atomic mass is 16.5. The van der Waals surface area contributed by atoms with Crippen LogP contribution in [0.4, 0.5) is 0 Å². The van der Waals surface area contributed by atoms with Gasteiger partial charge in [0.1, 0.15) is 12.6 Å². The molecule has 0 saturated carbocycles. The van der Waals surface area contributed by atoms with Gasteiger partial charge in [-0.3, -0.25) is 19.2 Å². The molecule has 3 aromatic carbocycles. The summed E-state index contributed by atoms with van der Waals surface area (Å²) in [5.74, 6) is -1.43. The predicted octanol–water partition coefficient (Wildman–Crippen LogP) is 9.17. The topological polar surface area (TPSA) is 135 Å². The average molecular weight is 751 g/mol. The molecule has 2 atom stereocenters. The van der Waals surface area contributed by atoms with Gasteiger partial charge in [0.05, 0.1) is 5.56 Å². The maximum Gasteiger partial charge on any atom is 0.306 e. The standard InChI is InChI=1S/C46H62N4O5/c1-3-5-7-8-9-10-17-26-37(33-42(47)51)50(31-20-6-4-2)46(54)40(29-21-30-43(52)55-34-36-24-15-12-16-25-36)49-45(53)44-38-27-18-19-28-39(38)48-41(44)32-35-22-13-11-14-23-35/h11-16,18-19,22-25,27-28,37,40,48H,3-10,17,20-21,26,29-34H2,1-2H3,(H2,47,51)(H,49,53)/t37-,40-/m0/s1. The van der Waals surface area contributed by atoms with E-state index < -0.39 is 11.9 Å². The van der Waals surface area contributed by atoms with Crippen LogP contribution in [0, 0.1) is 0 Å². The number of hydrogen-bond acceptors (Lipinski definition) is 5. The first-order valence-electron chi connectivity index (χ1n) is 20.5. The van der Waals surface area contributed by atoms with Crippen LogP contribution in [0.25, 0.3) is 10.9 Å². The molecule has 0 aliphatic carbocycles. The number of ether oxygens (including phenoxy) is 1. The van der Waals surface area contributed by atoms with Crippen molar-refractivity contribution in [2.24, 2.45) is 5.73 Å². The Morgan fingerprint density at radius 1 is 0.727 bits per heavy atom. The quantitative estimate of drug-likeness (QED) is 0.0435. The number of amides is 3. The molecule has 0 aliphatic rings. The number of aromatic nitrogens is 1. The molecule has 0 spiro atoms. The number of nitrogens with two attached hydrogens (primary N) is 1. The third-order valence-electron chi connectivity index (χ3n) is 10.3. The molecule has 0 unspecified atom stereocenters. The van der Waals surface area contributed by atoms with Crippen LogP contribution >= 0.6 is 0 Å². The number of esters is 1. The highest BCUT2D eigenvalue weighted by Crippen LogP contribution is 2.26. The summed E-state index contributed by atoms with van der Waals surface area (Å²) in [6.45, 7) is 4.94. The lowest BCUT2D eigenvalue weighted by Crippen LogP contribution is -2.53. The van der Waals surface area contributed by atoms with Crippen LogP contribution in [0.1, 0.15) is 137 Å². The first-order valence-corrected chi connectivity index (χ1v) is 20.5. The Bertz CT molecular complexity index is 1760. The second kappa shape index (κ2) is 23.8. The summed E-state index contributed by atoms with van der Waals surface area (Å²) in [6.07, 6.45) is 12.4. The van der Waals surface area contributed by atoms with Crippen LogP contribution in [-0.4, -0.2) is 52.2 Å². The summed E-state index contributed by atoms with van der Waals surface area (Å²) in [6, 6.07) is 25.8. The highest BCUT2D eigenvalue weighted by Gasteiger charge is 2.32. The van der Waals surface area contributed by atoms with Crippen LogP contribution in [0.15, 0.2) is 84.9 Å². The summed E-state index contributed by atoms with van der Waals surface area (Å²) < 4.78 is 5.53. The largest absolute Gasteiger partial charge is 0.461 e. The fourth-order valence-electron chi connectivity index (χ4n) is 7.28. The molecule has 3 amide bonds. The minimum absolute atomic E-state index is 0.0594. The molecule has 4 aromatic rings. The van der Waals surface area contributed by atoms with Crippen molar-refractivity contribution < 1.29 is 23.9 Å². The molecule has 0 aliphatic heterocycles. The van der Waals surface area contributed by atoms with Gasteiger partial charge in [-0.15, -0.1) is 0 Å². The van der Waals surface area contributed by atoms with Crippen molar-refractivity contribution in [2.75, 3.05) is 6.54 Å². The number of para-hydroxylation sites is 1. The summed E-state index contributed by atoms with van der Waals surface area (Å²) in [5, 5.41) is 3.90. The molecule has 55 heavy (non-hydrogen) atoms. The van der Waals surface area contributed by atoms with Gasteiger partial charge in [-0.2, -0.15) is 0 Å². The number of benzene rings is 3. The van der Waals surface area contributed by atoms with Gasteiger partial charge in [-0.05, 0) is 42.9 Å². The predicted molar refractivity (Wildman–Crippen MR) is 220 cm³/mol. The third kappa shape index (κ3) is 14.3. The van der Waals surface area contributed by atoms with Crippen molar-refractivity contribution in [3.8, 4) is 0 Å². The van der Waals surface area contributed by atoms with Crippen molar-refractivity contribution in [3.63, 3.8) is 0 Å². The van der Waals surface area contributed by atoms with Gasteiger partial charge in [0.15, 0.2) is 0 Å². The van der Waals surface area contributed by atoms with E-state index in [0.717, 1.165) is 66.2 Å². The van der Waals surface area contributed by atoms with E-state index in [-0.39, 0.29) is 49.7 Å². The van der Waals surface area contributed by atoms with Crippen LogP contribution < -0.4 is 11.1 Å². The van der Waals surface area contributed by atoms with Gasteiger partial charge < -0.3 is 25.7 Å². The van der Waals surface area contributed by atoms with E-state index in [9.17, 15) is 19.2 Å². The Labute approximate surface area is 327 Å². The number of carbonyl (C=O) groups is 4. The fourth-order valence-corrected chi connectivity index (χ4v) is 7.28. The maximum atomic E-state index is 14.8. The first-order chi connectivity index (χ1) is 26.8. The van der Waals surface area contributed by atoms with Crippen LogP contribution in [0.3, 0.4) is 0 Å². The Morgan fingerprint density at radius 2 is 1.35 bits per heavy atom. The number of nitrogens with one attached hydrogen (secondary N) is 2.